The number of hydrogen-bond donors (Lipinski definition) is 2. The van der Waals surface area contributed by atoms with Crippen molar-refractivity contribution in [1.29, 1.82) is 0 Å². The number of phenolic OH excluding ortho intramolecular Hbond substituents is 1. The Bertz CT molecular complexity index is 531. The summed E-state index contributed by atoms with van der Waals surface area (Å²) >= 11 is 0. The second-order valence-electron chi connectivity index (χ2n) is 5.27. The lowest BCUT2D eigenvalue weighted by atomic mass is 10.1. The van der Waals surface area contributed by atoms with Crippen LogP contribution in [-0.2, 0) is 17.5 Å². The first-order chi connectivity index (χ1) is 9.75. The molecule has 1 saturated heterocycles. The maximum Gasteiger partial charge on any atom is 0.419 e. The van der Waals surface area contributed by atoms with Gasteiger partial charge < -0.3 is 10.4 Å². The quantitative estimate of drug-likeness (QED) is 0.899. The van der Waals surface area contributed by atoms with Crippen molar-refractivity contribution in [3.8, 4) is 5.75 Å². The molecule has 1 aromatic rings. The van der Waals surface area contributed by atoms with Crippen molar-refractivity contribution in [2.24, 2.45) is 0 Å². The van der Waals surface area contributed by atoms with Crippen molar-refractivity contribution >= 4 is 5.91 Å². The number of nitrogens with zero attached hydrogens (tertiary/aromatic N) is 1. The second-order valence-corrected chi connectivity index (χ2v) is 5.27. The van der Waals surface area contributed by atoms with E-state index in [9.17, 15) is 23.1 Å². The van der Waals surface area contributed by atoms with Crippen LogP contribution in [0.1, 0.15) is 24.5 Å². The molecule has 2 N–H and O–H groups in total. The minimum absolute atomic E-state index is 0.0432. The molecule has 21 heavy (non-hydrogen) atoms. The first-order valence-corrected chi connectivity index (χ1v) is 6.64. The fourth-order valence-corrected chi connectivity index (χ4v) is 2.55. The number of rotatable bonds is 3. The van der Waals surface area contributed by atoms with Crippen LogP contribution in [0.25, 0.3) is 0 Å². The van der Waals surface area contributed by atoms with E-state index >= 15 is 0 Å². The third kappa shape index (κ3) is 4.10. The number of halogens is 3. The van der Waals surface area contributed by atoms with Gasteiger partial charge in [0.15, 0.2) is 0 Å². The Balaban J connectivity index is 2.03. The molecule has 0 radical (unpaired) electrons. The van der Waals surface area contributed by atoms with Crippen LogP contribution in [0.15, 0.2) is 18.2 Å². The van der Waals surface area contributed by atoms with E-state index in [0.29, 0.717) is 25.2 Å². The van der Waals surface area contributed by atoms with Crippen LogP contribution in [0, 0.1) is 0 Å². The first-order valence-electron chi connectivity index (χ1n) is 6.64. The maximum absolute atomic E-state index is 12.7. The van der Waals surface area contributed by atoms with Crippen LogP contribution >= 0.6 is 0 Å². The van der Waals surface area contributed by atoms with Crippen molar-refractivity contribution in [3.63, 3.8) is 0 Å². The van der Waals surface area contributed by atoms with E-state index in [4.69, 9.17) is 0 Å². The largest absolute Gasteiger partial charge is 0.507 e. The molecule has 1 atom stereocenters. The van der Waals surface area contributed by atoms with Crippen molar-refractivity contribution in [2.75, 3.05) is 13.1 Å². The van der Waals surface area contributed by atoms with Gasteiger partial charge in [-0.25, -0.2) is 0 Å². The van der Waals surface area contributed by atoms with Gasteiger partial charge in [0, 0.05) is 32.6 Å². The number of aromatic hydroxyl groups is 1. The Hall–Kier alpha value is -1.76. The summed E-state index contributed by atoms with van der Waals surface area (Å²) in [6.45, 7) is 3.13. The monoisotopic (exact) mass is 302 g/mol. The number of hydrogen-bond acceptors (Lipinski definition) is 3. The number of likely N-dealkylation sites (tertiary alicyclic amines) is 1. The third-order valence-corrected chi connectivity index (χ3v) is 3.45. The van der Waals surface area contributed by atoms with Gasteiger partial charge in [-0.1, -0.05) is 6.07 Å². The van der Waals surface area contributed by atoms with E-state index in [1.54, 1.807) is 0 Å². The first kappa shape index (κ1) is 15.6. The van der Waals surface area contributed by atoms with Gasteiger partial charge in [0.2, 0.25) is 5.91 Å². The second kappa shape index (κ2) is 5.93. The molecule has 0 spiro atoms. The van der Waals surface area contributed by atoms with Gasteiger partial charge in [0.1, 0.15) is 5.75 Å². The van der Waals surface area contributed by atoms with Crippen LogP contribution in [0.5, 0.6) is 5.75 Å². The highest BCUT2D eigenvalue weighted by atomic mass is 19.4. The Morgan fingerprint density at radius 2 is 2.19 bits per heavy atom. The van der Waals surface area contributed by atoms with Gasteiger partial charge >= 0.3 is 6.18 Å². The number of amides is 1. The van der Waals surface area contributed by atoms with E-state index < -0.39 is 17.5 Å². The standard InChI is InChI=1S/C14H17F3N2O2/c1-9(20)18-11-4-5-19(8-11)7-10-2-3-13(21)12(6-10)14(15,16)17/h2-3,6,11,21H,4-5,7-8H2,1H3,(H,18,20). The fraction of sp³-hybridized carbons (Fsp3) is 0.500. The predicted octanol–water partition coefficient (Wildman–Crippen LogP) is 2.12. The molecular weight excluding hydrogens is 285 g/mol. The molecule has 0 aromatic heterocycles. The van der Waals surface area contributed by atoms with Crippen LogP contribution in [-0.4, -0.2) is 35.0 Å². The summed E-state index contributed by atoms with van der Waals surface area (Å²) in [7, 11) is 0. The zero-order valence-corrected chi connectivity index (χ0v) is 11.6. The number of benzene rings is 1. The normalized spacial score (nSPS) is 19.7. The minimum atomic E-state index is -4.57. The lowest BCUT2D eigenvalue weighted by molar-refractivity contribution is -0.138. The molecule has 0 saturated carbocycles. The van der Waals surface area contributed by atoms with Crippen molar-refractivity contribution in [3.05, 3.63) is 29.3 Å². The molecule has 4 nitrogen and oxygen atoms in total. The van der Waals surface area contributed by atoms with Crippen molar-refractivity contribution in [2.45, 2.75) is 32.1 Å². The van der Waals surface area contributed by atoms with E-state index in [2.05, 4.69) is 5.32 Å². The molecule has 1 amide bonds. The van der Waals surface area contributed by atoms with Crippen molar-refractivity contribution in [1.82, 2.24) is 10.2 Å². The number of nitrogens with one attached hydrogen (secondary N) is 1. The van der Waals surface area contributed by atoms with Crippen LogP contribution in [0.4, 0.5) is 13.2 Å². The van der Waals surface area contributed by atoms with E-state index in [0.717, 1.165) is 18.6 Å². The average Bonchev–Trinajstić information content (AvgIpc) is 2.76. The van der Waals surface area contributed by atoms with Gasteiger partial charge in [0.25, 0.3) is 0 Å². The van der Waals surface area contributed by atoms with Gasteiger partial charge in [-0.05, 0) is 24.1 Å². The van der Waals surface area contributed by atoms with Crippen LogP contribution in [0.3, 0.4) is 0 Å². The zero-order chi connectivity index (χ0) is 15.6. The molecule has 1 aliphatic rings. The highest BCUT2D eigenvalue weighted by Crippen LogP contribution is 2.36. The summed E-state index contributed by atoms with van der Waals surface area (Å²) in [6.07, 6.45) is -3.78. The number of alkyl halides is 3. The van der Waals surface area contributed by atoms with E-state index in [1.807, 2.05) is 4.90 Å². The molecular formula is C14H17F3N2O2. The Labute approximate surface area is 120 Å². The van der Waals surface area contributed by atoms with Gasteiger partial charge in [0.05, 0.1) is 5.56 Å². The SMILES string of the molecule is CC(=O)NC1CCN(Cc2ccc(O)c(C(F)(F)F)c2)C1. The summed E-state index contributed by atoms with van der Waals surface area (Å²) in [5.41, 5.74) is -0.527. The zero-order valence-electron chi connectivity index (χ0n) is 11.6. The lowest BCUT2D eigenvalue weighted by Crippen LogP contribution is -2.35. The summed E-state index contributed by atoms with van der Waals surface area (Å²) in [6, 6.07) is 3.57. The smallest absolute Gasteiger partial charge is 0.419 e. The molecule has 1 unspecified atom stereocenters. The predicted molar refractivity (Wildman–Crippen MR) is 70.6 cm³/mol. The molecule has 0 bridgehead atoms. The molecule has 1 aliphatic heterocycles. The number of carbonyl (C=O) groups excluding carboxylic acids is 1. The molecule has 2 rings (SSSR count). The Morgan fingerprint density at radius 1 is 1.48 bits per heavy atom. The van der Waals surface area contributed by atoms with E-state index in [1.165, 1.54) is 13.0 Å². The maximum atomic E-state index is 12.7. The molecule has 7 heteroatoms. The number of carbonyl (C=O) groups is 1. The molecule has 1 aromatic carbocycles. The van der Waals surface area contributed by atoms with Gasteiger partial charge in [-0.2, -0.15) is 13.2 Å². The molecule has 1 fully saturated rings. The van der Waals surface area contributed by atoms with Crippen molar-refractivity contribution < 1.29 is 23.1 Å². The summed E-state index contributed by atoms with van der Waals surface area (Å²) in [5, 5.41) is 12.1. The summed E-state index contributed by atoms with van der Waals surface area (Å²) in [4.78, 5) is 13.0. The topological polar surface area (TPSA) is 52.6 Å². The third-order valence-electron chi connectivity index (χ3n) is 3.45. The fourth-order valence-electron chi connectivity index (χ4n) is 2.55. The summed E-state index contributed by atoms with van der Waals surface area (Å²) in [5.74, 6) is -0.866. The highest BCUT2D eigenvalue weighted by molar-refractivity contribution is 5.73. The Morgan fingerprint density at radius 3 is 2.81 bits per heavy atom. The molecule has 1 heterocycles. The van der Waals surface area contributed by atoms with E-state index in [-0.39, 0.29) is 11.9 Å². The summed E-state index contributed by atoms with van der Waals surface area (Å²) < 4.78 is 38.2. The number of phenols is 1. The van der Waals surface area contributed by atoms with Gasteiger partial charge in [-0.3, -0.25) is 9.69 Å². The molecule has 0 aliphatic carbocycles. The van der Waals surface area contributed by atoms with Gasteiger partial charge in [-0.15, -0.1) is 0 Å². The van der Waals surface area contributed by atoms with Crippen LogP contribution in [0.2, 0.25) is 0 Å². The average molecular weight is 302 g/mol. The highest BCUT2D eigenvalue weighted by Gasteiger charge is 2.34. The lowest BCUT2D eigenvalue weighted by Gasteiger charge is -2.18. The Kier molecular flexibility index (Phi) is 4.41. The van der Waals surface area contributed by atoms with Crippen LogP contribution < -0.4 is 5.32 Å². The minimum Gasteiger partial charge on any atom is -0.507 e. The molecule has 116 valence electrons.